The molecule has 1 aliphatic carbocycles. The van der Waals surface area contributed by atoms with Gasteiger partial charge >= 0.3 is 0 Å². The molecular formula is C14H14O2. The van der Waals surface area contributed by atoms with Crippen LogP contribution in [0.25, 0.3) is 5.57 Å². The molecule has 1 heterocycles. The number of rotatable bonds is 1. The van der Waals surface area contributed by atoms with Crippen LogP contribution in [0.5, 0.6) is 0 Å². The van der Waals surface area contributed by atoms with Crippen LogP contribution in [0.15, 0.2) is 29.8 Å². The maximum absolute atomic E-state index is 12.0. The summed E-state index contributed by atoms with van der Waals surface area (Å²) in [4.78, 5) is 12.0. The van der Waals surface area contributed by atoms with Crippen molar-refractivity contribution in [3.63, 3.8) is 0 Å². The number of aryl methyl sites for hydroxylation is 1. The SMILES string of the molecule is Cc1ccc(C2=C3COCC3CC2=O)cc1. The predicted octanol–water partition coefficient (Wildman–Crippen LogP) is 2.37. The van der Waals surface area contributed by atoms with Crippen molar-refractivity contribution in [2.75, 3.05) is 13.2 Å². The molecular weight excluding hydrogens is 200 g/mol. The van der Waals surface area contributed by atoms with Gasteiger partial charge in [-0.05, 0) is 18.1 Å². The molecule has 1 saturated heterocycles. The summed E-state index contributed by atoms with van der Waals surface area (Å²) in [7, 11) is 0. The maximum Gasteiger partial charge on any atom is 0.164 e. The van der Waals surface area contributed by atoms with Gasteiger partial charge in [-0.25, -0.2) is 0 Å². The Labute approximate surface area is 94.9 Å². The van der Waals surface area contributed by atoms with Gasteiger partial charge in [-0.15, -0.1) is 0 Å². The largest absolute Gasteiger partial charge is 0.376 e. The first kappa shape index (κ1) is 9.79. The molecule has 1 unspecified atom stereocenters. The number of Topliss-reactive ketones (excluding diaryl/α,β-unsaturated/α-hetero) is 1. The third-order valence-corrected chi connectivity index (χ3v) is 3.44. The lowest BCUT2D eigenvalue weighted by Crippen LogP contribution is -2.01. The molecule has 2 aliphatic rings. The van der Waals surface area contributed by atoms with E-state index < -0.39 is 0 Å². The van der Waals surface area contributed by atoms with Crippen LogP contribution in [0.2, 0.25) is 0 Å². The fourth-order valence-corrected chi connectivity index (χ4v) is 2.56. The summed E-state index contributed by atoms with van der Waals surface area (Å²) in [6.45, 7) is 3.41. The van der Waals surface area contributed by atoms with Gasteiger partial charge in [0.2, 0.25) is 0 Å². The first-order valence-corrected chi connectivity index (χ1v) is 5.67. The Balaban J connectivity index is 2.08. The molecule has 2 nitrogen and oxygen atoms in total. The number of ether oxygens (including phenoxy) is 1. The van der Waals surface area contributed by atoms with Gasteiger partial charge in [-0.1, -0.05) is 29.8 Å². The Bertz CT molecular complexity index is 468. The third kappa shape index (κ3) is 1.41. The first-order chi connectivity index (χ1) is 7.75. The molecule has 0 amide bonds. The van der Waals surface area contributed by atoms with E-state index in [0.29, 0.717) is 18.9 Å². The Hall–Kier alpha value is -1.41. The van der Waals surface area contributed by atoms with Crippen molar-refractivity contribution in [2.45, 2.75) is 13.3 Å². The maximum atomic E-state index is 12.0. The minimum Gasteiger partial charge on any atom is -0.376 e. The van der Waals surface area contributed by atoms with Crippen LogP contribution in [0, 0.1) is 12.8 Å². The lowest BCUT2D eigenvalue weighted by Gasteiger charge is -2.04. The molecule has 0 N–H and O–H groups in total. The highest BCUT2D eigenvalue weighted by atomic mass is 16.5. The monoisotopic (exact) mass is 214 g/mol. The summed E-state index contributed by atoms with van der Waals surface area (Å²) in [6, 6.07) is 8.19. The van der Waals surface area contributed by atoms with E-state index in [1.165, 1.54) is 11.1 Å². The van der Waals surface area contributed by atoms with E-state index in [2.05, 4.69) is 19.1 Å². The second-order valence-electron chi connectivity index (χ2n) is 4.61. The van der Waals surface area contributed by atoms with Crippen molar-refractivity contribution < 1.29 is 9.53 Å². The van der Waals surface area contributed by atoms with Crippen LogP contribution in [0.3, 0.4) is 0 Å². The molecule has 82 valence electrons. The fourth-order valence-electron chi connectivity index (χ4n) is 2.56. The minimum atomic E-state index is 0.284. The molecule has 0 saturated carbocycles. The average molecular weight is 214 g/mol. The summed E-state index contributed by atoms with van der Waals surface area (Å²) in [5.41, 5.74) is 4.41. The van der Waals surface area contributed by atoms with Gasteiger partial charge in [-0.2, -0.15) is 0 Å². The molecule has 0 bridgehead atoms. The molecule has 1 aromatic rings. The van der Waals surface area contributed by atoms with E-state index in [0.717, 1.165) is 17.7 Å². The van der Waals surface area contributed by atoms with E-state index >= 15 is 0 Å². The standard InChI is InChI=1S/C14H14O2/c1-9-2-4-10(5-3-9)14-12-8-16-7-11(12)6-13(14)15/h2-5,11H,6-8H2,1H3. The van der Waals surface area contributed by atoms with Crippen molar-refractivity contribution in [3.05, 3.63) is 41.0 Å². The Morgan fingerprint density at radius 1 is 1.25 bits per heavy atom. The fraction of sp³-hybridized carbons (Fsp3) is 0.357. The molecule has 1 aliphatic heterocycles. The Morgan fingerprint density at radius 2 is 2.00 bits per heavy atom. The number of hydrogen-bond acceptors (Lipinski definition) is 2. The van der Waals surface area contributed by atoms with E-state index in [9.17, 15) is 4.79 Å². The second-order valence-corrected chi connectivity index (χ2v) is 4.61. The third-order valence-electron chi connectivity index (χ3n) is 3.44. The zero-order chi connectivity index (χ0) is 11.1. The van der Waals surface area contributed by atoms with E-state index in [1.54, 1.807) is 0 Å². The smallest absolute Gasteiger partial charge is 0.164 e. The number of benzene rings is 1. The van der Waals surface area contributed by atoms with Gasteiger partial charge in [0.25, 0.3) is 0 Å². The summed E-state index contributed by atoms with van der Waals surface area (Å²) in [5, 5.41) is 0. The number of hydrogen-bond donors (Lipinski definition) is 0. The normalized spacial score (nSPS) is 24.1. The van der Waals surface area contributed by atoms with Gasteiger partial charge in [0.1, 0.15) is 0 Å². The number of carbonyl (C=O) groups excluding carboxylic acids is 1. The number of ketones is 1. The topological polar surface area (TPSA) is 26.3 Å². The summed E-state index contributed by atoms with van der Waals surface area (Å²) in [6.07, 6.45) is 0.637. The van der Waals surface area contributed by atoms with Crippen molar-refractivity contribution in [1.82, 2.24) is 0 Å². The highest BCUT2D eigenvalue weighted by Crippen LogP contribution is 2.39. The Kier molecular flexibility index (Phi) is 2.18. The lowest BCUT2D eigenvalue weighted by molar-refractivity contribution is -0.113. The predicted molar refractivity (Wildman–Crippen MR) is 62.0 cm³/mol. The highest BCUT2D eigenvalue weighted by molar-refractivity contribution is 6.24. The molecule has 1 fully saturated rings. The molecule has 1 aromatic carbocycles. The van der Waals surface area contributed by atoms with Gasteiger partial charge < -0.3 is 4.74 Å². The molecule has 3 rings (SSSR count). The van der Waals surface area contributed by atoms with Gasteiger partial charge in [0.05, 0.1) is 13.2 Å². The lowest BCUT2D eigenvalue weighted by atomic mass is 9.99. The molecule has 0 spiro atoms. The molecule has 1 atom stereocenters. The van der Waals surface area contributed by atoms with Crippen molar-refractivity contribution in [3.8, 4) is 0 Å². The van der Waals surface area contributed by atoms with Crippen molar-refractivity contribution in [1.29, 1.82) is 0 Å². The van der Waals surface area contributed by atoms with Gasteiger partial charge in [0.15, 0.2) is 5.78 Å². The Morgan fingerprint density at radius 3 is 2.75 bits per heavy atom. The number of carbonyl (C=O) groups is 1. The summed E-state index contributed by atoms with van der Waals surface area (Å²) >= 11 is 0. The van der Waals surface area contributed by atoms with E-state index in [4.69, 9.17) is 4.74 Å². The number of fused-ring (bicyclic) bond motifs is 1. The second kappa shape index (κ2) is 3.56. The van der Waals surface area contributed by atoms with Gasteiger partial charge in [0, 0.05) is 17.9 Å². The van der Waals surface area contributed by atoms with Crippen molar-refractivity contribution in [2.24, 2.45) is 5.92 Å². The van der Waals surface area contributed by atoms with Crippen LogP contribution in [0.1, 0.15) is 17.5 Å². The molecule has 0 aromatic heterocycles. The van der Waals surface area contributed by atoms with Gasteiger partial charge in [-0.3, -0.25) is 4.79 Å². The zero-order valence-electron chi connectivity index (χ0n) is 9.32. The first-order valence-electron chi connectivity index (χ1n) is 5.67. The van der Waals surface area contributed by atoms with Crippen LogP contribution < -0.4 is 0 Å². The van der Waals surface area contributed by atoms with E-state index in [1.807, 2.05) is 12.1 Å². The molecule has 0 radical (unpaired) electrons. The van der Waals surface area contributed by atoms with Crippen LogP contribution in [-0.2, 0) is 9.53 Å². The summed E-state index contributed by atoms with van der Waals surface area (Å²) in [5.74, 6) is 0.635. The minimum absolute atomic E-state index is 0.284. The molecule has 16 heavy (non-hydrogen) atoms. The van der Waals surface area contributed by atoms with Crippen LogP contribution >= 0.6 is 0 Å². The van der Waals surface area contributed by atoms with Crippen LogP contribution in [-0.4, -0.2) is 19.0 Å². The number of allylic oxidation sites excluding steroid dienone is 1. The quantitative estimate of drug-likeness (QED) is 0.717. The highest BCUT2D eigenvalue weighted by Gasteiger charge is 2.36. The summed E-state index contributed by atoms with van der Waals surface area (Å²) < 4.78 is 5.43. The van der Waals surface area contributed by atoms with Crippen molar-refractivity contribution >= 4 is 11.4 Å². The van der Waals surface area contributed by atoms with E-state index in [-0.39, 0.29) is 5.78 Å². The average Bonchev–Trinajstić information content (AvgIpc) is 2.79. The van der Waals surface area contributed by atoms with Crippen LogP contribution in [0.4, 0.5) is 0 Å². The zero-order valence-corrected chi connectivity index (χ0v) is 9.32. The molecule has 2 heteroatoms.